The summed E-state index contributed by atoms with van der Waals surface area (Å²) < 4.78 is 6.58. The normalized spacial score (nSPS) is 11.0. The summed E-state index contributed by atoms with van der Waals surface area (Å²) in [5.41, 5.74) is 6.64. The highest BCUT2D eigenvalue weighted by Crippen LogP contribution is 2.34. The number of nitrogens with two attached hydrogens (primary N) is 1. The molecule has 29 heavy (non-hydrogen) atoms. The maximum atomic E-state index is 11.5. The van der Waals surface area contributed by atoms with Crippen LogP contribution in [0.15, 0.2) is 60.3 Å². The highest BCUT2D eigenvalue weighted by atomic mass is 16.6. The van der Waals surface area contributed by atoms with Crippen molar-refractivity contribution < 1.29 is 14.5 Å². The molecule has 1 amide bonds. The van der Waals surface area contributed by atoms with Gasteiger partial charge in [0.1, 0.15) is 17.3 Å². The molecular formula is C20H15N5O4. The summed E-state index contributed by atoms with van der Waals surface area (Å²) in [5, 5.41) is 25.0. The van der Waals surface area contributed by atoms with Gasteiger partial charge < -0.3 is 10.5 Å². The van der Waals surface area contributed by atoms with E-state index in [9.17, 15) is 20.2 Å². The first-order chi connectivity index (χ1) is 13.9. The second-order valence-electron chi connectivity index (χ2n) is 5.89. The molecule has 2 N–H and O–H groups in total. The van der Waals surface area contributed by atoms with Gasteiger partial charge >= 0.3 is 5.69 Å². The van der Waals surface area contributed by atoms with Crippen LogP contribution in [0, 0.1) is 21.4 Å². The molecular weight excluding hydrogens is 374 g/mol. The van der Waals surface area contributed by atoms with Crippen LogP contribution in [0.3, 0.4) is 0 Å². The predicted octanol–water partition coefficient (Wildman–Crippen LogP) is 2.85. The Balaban J connectivity index is 2.23. The fourth-order valence-corrected chi connectivity index (χ4v) is 2.72. The van der Waals surface area contributed by atoms with E-state index in [1.165, 1.54) is 25.3 Å². The molecule has 1 aromatic heterocycles. The van der Waals surface area contributed by atoms with Crippen LogP contribution in [0.25, 0.3) is 23.0 Å². The molecule has 144 valence electrons. The lowest BCUT2D eigenvalue weighted by Crippen LogP contribution is -2.12. The number of amides is 1. The number of rotatable bonds is 6. The number of nitrogens with zero attached hydrogens (tertiary/aromatic N) is 4. The van der Waals surface area contributed by atoms with Gasteiger partial charge in [-0.25, -0.2) is 4.68 Å². The number of nitriles is 1. The van der Waals surface area contributed by atoms with E-state index in [1.54, 1.807) is 23.0 Å². The molecule has 0 atom stereocenters. The molecule has 9 heteroatoms. The number of ether oxygens (including phenoxy) is 1. The molecule has 3 rings (SSSR count). The van der Waals surface area contributed by atoms with Crippen LogP contribution in [-0.4, -0.2) is 27.7 Å². The van der Waals surface area contributed by atoms with E-state index < -0.39 is 10.8 Å². The van der Waals surface area contributed by atoms with Crippen molar-refractivity contribution in [3.63, 3.8) is 0 Å². The van der Waals surface area contributed by atoms with Crippen LogP contribution in [0.2, 0.25) is 0 Å². The van der Waals surface area contributed by atoms with Crippen molar-refractivity contribution in [2.75, 3.05) is 7.11 Å². The molecule has 0 saturated heterocycles. The smallest absolute Gasteiger partial charge is 0.311 e. The predicted molar refractivity (Wildman–Crippen MR) is 105 cm³/mol. The zero-order chi connectivity index (χ0) is 21.0. The van der Waals surface area contributed by atoms with Gasteiger partial charge in [-0.15, -0.1) is 0 Å². The van der Waals surface area contributed by atoms with Gasteiger partial charge in [0, 0.05) is 23.4 Å². The van der Waals surface area contributed by atoms with Gasteiger partial charge in [0.15, 0.2) is 5.75 Å². The number of primary amides is 1. The van der Waals surface area contributed by atoms with Gasteiger partial charge in [-0.3, -0.25) is 14.9 Å². The molecule has 0 saturated carbocycles. The zero-order valence-electron chi connectivity index (χ0n) is 15.3. The first kappa shape index (κ1) is 19.3. The van der Waals surface area contributed by atoms with Crippen LogP contribution >= 0.6 is 0 Å². The van der Waals surface area contributed by atoms with Gasteiger partial charge in [-0.05, 0) is 30.3 Å². The molecule has 3 aromatic rings. The van der Waals surface area contributed by atoms with Crippen molar-refractivity contribution >= 4 is 17.7 Å². The van der Waals surface area contributed by atoms with E-state index in [2.05, 4.69) is 5.10 Å². The van der Waals surface area contributed by atoms with E-state index in [0.29, 0.717) is 16.8 Å². The minimum Gasteiger partial charge on any atom is -0.490 e. The highest BCUT2D eigenvalue weighted by molar-refractivity contribution is 6.01. The van der Waals surface area contributed by atoms with Gasteiger partial charge in [0.25, 0.3) is 5.91 Å². The van der Waals surface area contributed by atoms with Gasteiger partial charge in [-0.1, -0.05) is 18.2 Å². The maximum absolute atomic E-state index is 11.5. The van der Waals surface area contributed by atoms with Crippen LogP contribution < -0.4 is 10.5 Å². The summed E-state index contributed by atoms with van der Waals surface area (Å²) in [4.78, 5) is 22.3. The van der Waals surface area contributed by atoms with E-state index in [4.69, 9.17) is 10.5 Å². The van der Waals surface area contributed by atoms with Crippen LogP contribution in [-0.2, 0) is 4.79 Å². The number of methoxy groups -OCH3 is 1. The highest BCUT2D eigenvalue weighted by Gasteiger charge is 2.19. The number of carbonyl (C=O) groups excluding carboxylic acids is 1. The first-order valence-corrected chi connectivity index (χ1v) is 8.34. The lowest BCUT2D eigenvalue weighted by molar-refractivity contribution is -0.385. The minimum atomic E-state index is -0.883. The molecule has 0 spiro atoms. The van der Waals surface area contributed by atoms with Gasteiger partial charge in [-0.2, -0.15) is 10.4 Å². The van der Waals surface area contributed by atoms with E-state index in [1.807, 2.05) is 30.3 Å². The average molecular weight is 389 g/mol. The molecule has 0 radical (unpaired) electrons. The Kier molecular flexibility index (Phi) is 5.37. The Hall–Kier alpha value is -4.45. The van der Waals surface area contributed by atoms with Crippen LogP contribution in [0.5, 0.6) is 5.75 Å². The molecule has 1 heterocycles. The molecule has 2 aromatic carbocycles. The van der Waals surface area contributed by atoms with Crippen LogP contribution in [0.4, 0.5) is 5.69 Å². The largest absolute Gasteiger partial charge is 0.490 e. The summed E-state index contributed by atoms with van der Waals surface area (Å²) in [6.45, 7) is 0. The lowest BCUT2D eigenvalue weighted by Gasteiger charge is -2.04. The van der Waals surface area contributed by atoms with E-state index in [-0.39, 0.29) is 17.0 Å². The third-order valence-electron chi connectivity index (χ3n) is 4.10. The number of para-hydroxylation sites is 1. The Morgan fingerprint density at radius 3 is 2.62 bits per heavy atom. The molecule has 0 aliphatic heterocycles. The van der Waals surface area contributed by atoms with Crippen molar-refractivity contribution in [2.24, 2.45) is 5.73 Å². The Bertz CT molecular complexity index is 1160. The number of nitro benzene ring substituents is 1. The van der Waals surface area contributed by atoms with Crippen molar-refractivity contribution in [1.29, 1.82) is 5.26 Å². The Labute approximate surface area is 165 Å². The number of hydrogen-bond donors (Lipinski definition) is 1. The zero-order valence-corrected chi connectivity index (χ0v) is 15.3. The Morgan fingerprint density at radius 2 is 2.03 bits per heavy atom. The van der Waals surface area contributed by atoms with Crippen molar-refractivity contribution in [1.82, 2.24) is 9.78 Å². The maximum Gasteiger partial charge on any atom is 0.311 e. The monoisotopic (exact) mass is 389 g/mol. The van der Waals surface area contributed by atoms with Crippen molar-refractivity contribution in [3.05, 3.63) is 76.0 Å². The standard InChI is InChI=1S/C20H15N5O4/c1-29-18-8-7-13(10-17(18)25(27)28)19-15(9-14(11-21)20(22)26)12-24(23-19)16-5-3-2-4-6-16/h2-10,12H,1H3,(H2,22,26). The summed E-state index contributed by atoms with van der Waals surface area (Å²) in [6.07, 6.45) is 2.92. The van der Waals surface area contributed by atoms with Crippen molar-refractivity contribution in [2.45, 2.75) is 0 Å². The SMILES string of the molecule is COc1ccc(-c2nn(-c3ccccc3)cc2C=C(C#N)C(N)=O)cc1[N+](=O)[O-]. The number of hydrogen-bond acceptors (Lipinski definition) is 6. The third-order valence-corrected chi connectivity index (χ3v) is 4.10. The molecule has 0 aliphatic rings. The first-order valence-electron chi connectivity index (χ1n) is 8.34. The third kappa shape index (κ3) is 3.96. The number of nitro groups is 1. The molecule has 0 unspecified atom stereocenters. The van der Waals surface area contributed by atoms with Gasteiger partial charge in [0.2, 0.25) is 0 Å². The summed E-state index contributed by atoms with van der Waals surface area (Å²) in [6, 6.07) is 15.3. The summed E-state index contributed by atoms with van der Waals surface area (Å²) >= 11 is 0. The summed E-state index contributed by atoms with van der Waals surface area (Å²) in [5.74, 6) is -0.778. The number of carbonyl (C=O) groups is 1. The quantitative estimate of drug-likeness (QED) is 0.298. The average Bonchev–Trinajstić information content (AvgIpc) is 3.15. The molecule has 0 fully saturated rings. The summed E-state index contributed by atoms with van der Waals surface area (Å²) in [7, 11) is 1.34. The molecule has 0 bridgehead atoms. The lowest BCUT2D eigenvalue weighted by atomic mass is 10.0. The number of aromatic nitrogens is 2. The molecule has 9 nitrogen and oxygen atoms in total. The van der Waals surface area contributed by atoms with Crippen molar-refractivity contribution in [3.8, 4) is 28.8 Å². The second kappa shape index (κ2) is 8.06. The van der Waals surface area contributed by atoms with E-state index in [0.717, 1.165) is 5.69 Å². The number of benzene rings is 2. The van der Waals surface area contributed by atoms with Crippen LogP contribution in [0.1, 0.15) is 5.56 Å². The Morgan fingerprint density at radius 1 is 1.31 bits per heavy atom. The topological polar surface area (TPSA) is 137 Å². The van der Waals surface area contributed by atoms with Gasteiger partial charge in [0.05, 0.1) is 17.7 Å². The fourth-order valence-electron chi connectivity index (χ4n) is 2.72. The minimum absolute atomic E-state index is 0.105. The second-order valence-corrected chi connectivity index (χ2v) is 5.89. The fraction of sp³-hybridized carbons (Fsp3) is 0.0500. The molecule has 0 aliphatic carbocycles. The van der Waals surface area contributed by atoms with E-state index >= 15 is 0 Å².